The molecule has 3 rings (SSSR count). The first-order valence-electron chi connectivity index (χ1n) is 6.85. The van der Waals surface area contributed by atoms with Gasteiger partial charge in [-0.05, 0) is 35.4 Å². The Hall–Kier alpha value is -1.56. The maximum atomic E-state index is 2.36. The highest BCUT2D eigenvalue weighted by Crippen LogP contribution is 2.44. The van der Waals surface area contributed by atoms with E-state index in [-0.39, 0.29) is 0 Å². The van der Waals surface area contributed by atoms with Crippen LogP contribution in [-0.2, 0) is 18.3 Å². The standard InChI is InChI=1S/C18H20/c1-14(2)18(17-10-4-3-5-11-17)12-15-8-6-7-9-16(15)13-18/h3-11,14H,12-13H2,1-2H3. The normalized spacial score (nSPS) is 16.8. The van der Waals surface area contributed by atoms with E-state index in [9.17, 15) is 0 Å². The fourth-order valence-corrected chi connectivity index (χ4v) is 3.36. The molecule has 18 heavy (non-hydrogen) atoms. The molecule has 0 radical (unpaired) electrons. The van der Waals surface area contributed by atoms with Crippen molar-refractivity contribution in [2.75, 3.05) is 0 Å². The molecule has 0 aliphatic heterocycles. The molecule has 0 heteroatoms. The summed E-state index contributed by atoms with van der Waals surface area (Å²) >= 11 is 0. The minimum absolute atomic E-state index is 0.297. The monoisotopic (exact) mass is 236 g/mol. The quantitative estimate of drug-likeness (QED) is 0.726. The van der Waals surface area contributed by atoms with Gasteiger partial charge < -0.3 is 0 Å². The van der Waals surface area contributed by atoms with Crippen LogP contribution in [-0.4, -0.2) is 0 Å². The number of hydrogen-bond acceptors (Lipinski definition) is 0. The van der Waals surface area contributed by atoms with E-state index in [1.165, 1.54) is 29.5 Å². The zero-order chi connectivity index (χ0) is 12.6. The van der Waals surface area contributed by atoms with E-state index in [1.807, 2.05) is 0 Å². The lowest BCUT2D eigenvalue weighted by Gasteiger charge is -2.34. The fraction of sp³-hybridized carbons (Fsp3) is 0.333. The molecule has 0 nitrogen and oxygen atoms in total. The van der Waals surface area contributed by atoms with E-state index in [2.05, 4.69) is 68.4 Å². The number of fused-ring (bicyclic) bond motifs is 1. The van der Waals surface area contributed by atoms with E-state index in [0.29, 0.717) is 11.3 Å². The van der Waals surface area contributed by atoms with Gasteiger partial charge in [0.1, 0.15) is 0 Å². The summed E-state index contributed by atoms with van der Waals surface area (Å²) < 4.78 is 0. The molecule has 0 N–H and O–H groups in total. The van der Waals surface area contributed by atoms with Gasteiger partial charge in [-0.15, -0.1) is 0 Å². The van der Waals surface area contributed by atoms with Gasteiger partial charge in [0.2, 0.25) is 0 Å². The number of hydrogen-bond donors (Lipinski definition) is 0. The summed E-state index contributed by atoms with van der Waals surface area (Å²) in [6.45, 7) is 4.72. The van der Waals surface area contributed by atoms with Crippen molar-refractivity contribution in [2.24, 2.45) is 5.92 Å². The van der Waals surface area contributed by atoms with Crippen LogP contribution in [0.15, 0.2) is 54.6 Å². The molecule has 0 saturated heterocycles. The van der Waals surface area contributed by atoms with Gasteiger partial charge in [0.25, 0.3) is 0 Å². The smallest absolute Gasteiger partial charge is 0.00568 e. The molecule has 0 aromatic heterocycles. The maximum Gasteiger partial charge on any atom is 0.00568 e. The van der Waals surface area contributed by atoms with Gasteiger partial charge in [0, 0.05) is 5.41 Å². The molecule has 0 unspecified atom stereocenters. The maximum absolute atomic E-state index is 2.36. The van der Waals surface area contributed by atoms with E-state index >= 15 is 0 Å². The average molecular weight is 236 g/mol. The van der Waals surface area contributed by atoms with E-state index in [4.69, 9.17) is 0 Å². The van der Waals surface area contributed by atoms with Crippen LogP contribution in [0.4, 0.5) is 0 Å². The zero-order valence-corrected chi connectivity index (χ0v) is 11.2. The zero-order valence-electron chi connectivity index (χ0n) is 11.2. The predicted molar refractivity (Wildman–Crippen MR) is 76.8 cm³/mol. The molecule has 0 amide bonds. The van der Waals surface area contributed by atoms with Crippen molar-refractivity contribution in [2.45, 2.75) is 32.1 Å². The molecule has 2 aromatic rings. The number of rotatable bonds is 2. The second-order valence-corrected chi connectivity index (χ2v) is 5.80. The fourth-order valence-electron chi connectivity index (χ4n) is 3.36. The summed E-state index contributed by atoms with van der Waals surface area (Å²) in [5.74, 6) is 0.660. The first kappa shape index (κ1) is 11.5. The van der Waals surface area contributed by atoms with Crippen LogP contribution < -0.4 is 0 Å². The molecule has 0 spiro atoms. The Balaban J connectivity index is 2.08. The molecule has 1 aliphatic rings. The summed E-state index contributed by atoms with van der Waals surface area (Å²) in [7, 11) is 0. The highest BCUT2D eigenvalue weighted by Gasteiger charge is 2.40. The van der Waals surface area contributed by atoms with Gasteiger partial charge in [-0.3, -0.25) is 0 Å². The molecule has 0 bridgehead atoms. The van der Waals surface area contributed by atoms with E-state index in [0.717, 1.165) is 0 Å². The first-order chi connectivity index (χ1) is 8.72. The Labute approximate surface area is 110 Å². The Morgan fingerprint density at radius 1 is 0.778 bits per heavy atom. The lowest BCUT2D eigenvalue weighted by atomic mass is 9.69. The van der Waals surface area contributed by atoms with Crippen molar-refractivity contribution < 1.29 is 0 Å². The molecule has 0 heterocycles. The summed E-state index contributed by atoms with van der Waals surface area (Å²) in [4.78, 5) is 0. The van der Waals surface area contributed by atoms with Crippen molar-refractivity contribution in [3.05, 3.63) is 71.3 Å². The minimum atomic E-state index is 0.297. The third kappa shape index (κ3) is 1.68. The SMILES string of the molecule is CC(C)C1(c2ccccc2)Cc2ccccc2C1. The van der Waals surface area contributed by atoms with Gasteiger partial charge in [0.05, 0.1) is 0 Å². The third-order valence-electron chi connectivity index (χ3n) is 4.58. The van der Waals surface area contributed by atoms with Crippen LogP contribution in [0.5, 0.6) is 0 Å². The van der Waals surface area contributed by atoms with Gasteiger partial charge in [0.15, 0.2) is 0 Å². The summed E-state index contributed by atoms with van der Waals surface area (Å²) in [6.07, 6.45) is 2.37. The lowest BCUT2D eigenvalue weighted by Crippen LogP contribution is -2.33. The molecule has 1 aliphatic carbocycles. The highest BCUT2D eigenvalue weighted by atomic mass is 14.4. The second kappa shape index (κ2) is 4.28. The lowest BCUT2D eigenvalue weighted by molar-refractivity contribution is 0.321. The van der Waals surface area contributed by atoms with Crippen LogP contribution in [0.1, 0.15) is 30.5 Å². The molecule has 0 atom stereocenters. The molecular formula is C18H20. The van der Waals surface area contributed by atoms with Gasteiger partial charge in [-0.2, -0.15) is 0 Å². The van der Waals surface area contributed by atoms with E-state index in [1.54, 1.807) is 0 Å². The molecule has 0 fully saturated rings. The summed E-state index contributed by atoms with van der Waals surface area (Å²) in [5.41, 5.74) is 4.87. The van der Waals surface area contributed by atoms with E-state index < -0.39 is 0 Å². The Kier molecular flexibility index (Phi) is 2.74. The average Bonchev–Trinajstić information content (AvgIpc) is 2.80. The van der Waals surface area contributed by atoms with Crippen LogP contribution >= 0.6 is 0 Å². The first-order valence-corrected chi connectivity index (χ1v) is 6.85. The van der Waals surface area contributed by atoms with Gasteiger partial charge >= 0.3 is 0 Å². The minimum Gasteiger partial charge on any atom is -0.0622 e. The Morgan fingerprint density at radius 2 is 1.28 bits per heavy atom. The van der Waals surface area contributed by atoms with Gasteiger partial charge in [-0.25, -0.2) is 0 Å². The van der Waals surface area contributed by atoms with Crippen molar-refractivity contribution in [3.8, 4) is 0 Å². The summed E-state index contributed by atoms with van der Waals surface area (Å²) in [6, 6.07) is 20.0. The molecular weight excluding hydrogens is 216 g/mol. The topological polar surface area (TPSA) is 0 Å². The predicted octanol–water partition coefficient (Wildman–Crippen LogP) is 4.38. The second-order valence-electron chi connectivity index (χ2n) is 5.80. The van der Waals surface area contributed by atoms with Crippen molar-refractivity contribution in [1.29, 1.82) is 0 Å². The van der Waals surface area contributed by atoms with Crippen molar-refractivity contribution in [3.63, 3.8) is 0 Å². The molecule has 2 aromatic carbocycles. The van der Waals surface area contributed by atoms with Crippen molar-refractivity contribution in [1.82, 2.24) is 0 Å². The summed E-state index contributed by atoms with van der Waals surface area (Å²) in [5, 5.41) is 0. The number of benzene rings is 2. The molecule has 0 saturated carbocycles. The Bertz CT molecular complexity index is 512. The highest BCUT2D eigenvalue weighted by molar-refractivity contribution is 5.42. The van der Waals surface area contributed by atoms with Crippen LogP contribution in [0.2, 0.25) is 0 Å². The van der Waals surface area contributed by atoms with Crippen LogP contribution in [0.25, 0.3) is 0 Å². The Morgan fingerprint density at radius 3 is 1.78 bits per heavy atom. The molecule has 92 valence electrons. The third-order valence-corrected chi connectivity index (χ3v) is 4.58. The van der Waals surface area contributed by atoms with Crippen LogP contribution in [0.3, 0.4) is 0 Å². The van der Waals surface area contributed by atoms with Crippen LogP contribution in [0, 0.1) is 5.92 Å². The van der Waals surface area contributed by atoms with Gasteiger partial charge in [-0.1, -0.05) is 68.4 Å². The largest absolute Gasteiger partial charge is 0.0622 e. The van der Waals surface area contributed by atoms with Crippen molar-refractivity contribution >= 4 is 0 Å².